The number of aromatic nitrogens is 2. The highest BCUT2D eigenvalue weighted by Crippen LogP contribution is 2.12. The van der Waals surface area contributed by atoms with Crippen LogP contribution in [0.1, 0.15) is 11.4 Å². The highest BCUT2D eigenvalue weighted by molar-refractivity contribution is 5.28. The minimum atomic E-state index is 0.799. The molecular weight excluding hydrogens is 176 g/mol. The third-order valence-corrected chi connectivity index (χ3v) is 2.03. The number of hydrogen-bond donors (Lipinski definition) is 1. The summed E-state index contributed by atoms with van der Waals surface area (Å²) in [5.74, 6) is 1.80. The van der Waals surface area contributed by atoms with Gasteiger partial charge in [0.25, 0.3) is 0 Å². The summed E-state index contributed by atoms with van der Waals surface area (Å²) >= 11 is 0. The van der Waals surface area contributed by atoms with E-state index in [-0.39, 0.29) is 0 Å². The maximum Gasteiger partial charge on any atom is 0.118 e. The molecule has 1 aromatic heterocycles. The summed E-state index contributed by atoms with van der Waals surface area (Å²) in [6, 6.07) is 7.95. The van der Waals surface area contributed by atoms with Crippen molar-refractivity contribution in [2.45, 2.75) is 6.42 Å². The largest absolute Gasteiger partial charge is 0.497 e. The van der Waals surface area contributed by atoms with Gasteiger partial charge in [-0.3, -0.25) is 0 Å². The number of benzene rings is 1. The predicted octanol–water partition coefficient (Wildman–Crippen LogP) is 1.81. The van der Waals surface area contributed by atoms with Gasteiger partial charge in [0.1, 0.15) is 17.8 Å². The van der Waals surface area contributed by atoms with E-state index in [9.17, 15) is 0 Å². The molecule has 0 bridgehead atoms. The molecule has 0 unspecified atom stereocenters. The fourth-order valence-corrected chi connectivity index (χ4v) is 1.29. The Morgan fingerprint density at radius 3 is 2.71 bits per heavy atom. The lowest BCUT2D eigenvalue weighted by atomic mass is 10.1. The van der Waals surface area contributed by atoms with Crippen LogP contribution in [0.25, 0.3) is 0 Å². The van der Waals surface area contributed by atoms with Crippen molar-refractivity contribution < 1.29 is 4.74 Å². The minimum Gasteiger partial charge on any atom is -0.497 e. The maximum atomic E-state index is 5.07. The third-order valence-electron chi connectivity index (χ3n) is 2.03. The molecule has 0 atom stereocenters. The van der Waals surface area contributed by atoms with Crippen LogP contribution in [-0.4, -0.2) is 17.1 Å². The minimum absolute atomic E-state index is 0.799. The molecule has 0 aliphatic heterocycles. The van der Waals surface area contributed by atoms with E-state index in [2.05, 4.69) is 16.2 Å². The zero-order valence-corrected chi connectivity index (χ0v) is 7.95. The van der Waals surface area contributed by atoms with Crippen molar-refractivity contribution in [3.05, 3.63) is 48.0 Å². The van der Waals surface area contributed by atoms with Gasteiger partial charge in [0.15, 0.2) is 0 Å². The summed E-state index contributed by atoms with van der Waals surface area (Å²) in [5, 5.41) is 0. The number of aromatic amines is 1. The molecule has 1 radical (unpaired) electrons. The highest BCUT2D eigenvalue weighted by Gasteiger charge is 1.98. The number of H-pyrrole nitrogens is 1. The van der Waals surface area contributed by atoms with Gasteiger partial charge < -0.3 is 9.72 Å². The monoisotopic (exact) mass is 187 g/mol. The number of nitrogens with zero attached hydrogens (tertiary/aromatic N) is 1. The van der Waals surface area contributed by atoms with Gasteiger partial charge >= 0.3 is 0 Å². The normalized spacial score (nSPS) is 10.1. The van der Waals surface area contributed by atoms with E-state index in [4.69, 9.17) is 4.74 Å². The molecule has 0 amide bonds. The molecule has 14 heavy (non-hydrogen) atoms. The first-order valence-corrected chi connectivity index (χ1v) is 4.42. The lowest BCUT2D eigenvalue weighted by molar-refractivity contribution is 0.414. The zero-order valence-electron chi connectivity index (χ0n) is 7.95. The van der Waals surface area contributed by atoms with Gasteiger partial charge in [-0.25, -0.2) is 4.98 Å². The van der Waals surface area contributed by atoms with Crippen LogP contribution < -0.4 is 4.74 Å². The molecule has 0 fully saturated rings. The molecule has 1 heterocycles. The summed E-state index contributed by atoms with van der Waals surface area (Å²) in [7, 11) is 1.66. The van der Waals surface area contributed by atoms with Crippen molar-refractivity contribution in [2.24, 2.45) is 0 Å². The molecule has 3 heteroatoms. The number of hydrogen-bond acceptors (Lipinski definition) is 2. The maximum absolute atomic E-state index is 5.07. The van der Waals surface area contributed by atoms with Gasteiger partial charge in [-0.1, -0.05) is 12.1 Å². The van der Waals surface area contributed by atoms with Crippen LogP contribution >= 0.6 is 0 Å². The van der Waals surface area contributed by atoms with Crippen LogP contribution in [0.4, 0.5) is 0 Å². The second-order valence-corrected chi connectivity index (χ2v) is 3.00. The van der Waals surface area contributed by atoms with E-state index in [1.807, 2.05) is 24.3 Å². The number of nitrogens with one attached hydrogen (secondary N) is 1. The van der Waals surface area contributed by atoms with E-state index in [0.29, 0.717) is 0 Å². The molecule has 2 rings (SSSR count). The molecule has 71 valence electrons. The average Bonchev–Trinajstić information content (AvgIpc) is 2.72. The summed E-state index contributed by atoms with van der Waals surface area (Å²) in [4.78, 5) is 7.06. The molecule has 0 aliphatic rings. The Labute approximate surface area is 82.8 Å². The molecule has 3 nitrogen and oxygen atoms in total. The zero-order chi connectivity index (χ0) is 9.80. The number of ether oxygens (including phenoxy) is 1. The van der Waals surface area contributed by atoms with Crippen LogP contribution in [0.15, 0.2) is 30.5 Å². The third kappa shape index (κ3) is 1.93. The second-order valence-electron chi connectivity index (χ2n) is 3.00. The van der Waals surface area contributed by atoms with E-state index in [1.165, 1.54) is 5.56 Å². The molecule has 1 aromatic carbocycles. The second kappa shape index (κ2) is 3.96. The SMILES string of the molecule is COc1ccc(Cc2n[c]c[nH]2)cc1. The van der Waals surface area contributed by atoms with Gasteiger partial charge in [0.2, 0.25) is 0 Å². The Bertz CT molecular complexity index is 378. The van der Waals surface area contributed by atoms with Crippen molar-refractivity contribution in [2.75, 3.05) is 7.11 Å². The predicted molar refractivity (Wildman–Crippen MR) is 53.2 cm³/mol. The number of rotatable bonds is 3. The van der Waals surface area contributed by atoms with Gasteiger partial charge in [0.05, 0.1) is 7.11 Å². The summed E-state index contributed by atoms with van der Waals surface area (Å²) in [5.41, 5.74) is 1.20. The number of methoxy groups -OCH3 is 1. The Kier molecular flexibility index (Phi) is 2.49. The highest BCUT2D eigenvalue weighted by atomic mass is 16.5. The Morgan fingerprint density at radius 1 is 1.36 bits per heavy atom. The van der Waals surface area contributed by atoms with E-state index in [0.717, 1.165) is 18.0 Å². The van der Waals surface area contributed by atoms with Crippen LogP contribution in [0, 0.1) is 6.20 Å². The Morgan fingerprint density at radius 2 is 2.14 bits per heavy atom. The van der Waals surface area contributed by atoms with E-state index in [1.54, 1.807) is 13.3 Å². The van der Waals surface area contributed by atoms with Gasteiger partial charge in [-0.05, 0) is 17.7 Å². The van der Waals surface area contributed by atoms with Crippen LogP contribution in [0.3, 0.4) is 0 Å². The summed E-state index contributed by atoms with van der Waals surface area (Å²) in [6.07, 6.45) is 5.25. The molecule has 0 aliphatic carbocycles. The lowest BCUT2D eigenvalue weighted by Crippen LogP contribution is -1.90. The molecule has 0 saturated carbocycles. The quantitative estimate of drug-likeness (QED) is 0.795. The summed E-state index contributed by atoms with van der Waals surface area (Å²) < 4.78 is 5.07. The van der Waals surface area contributed by atoms with Crippen molar-refractivity contribution in [1.82, 2.24) is 9.97 Å². The van der Waals surface area contributed by atoms with Crippen molar-refractivity contribution in [1.29, 1.82) is 0 Å². The molecule has 0 spiro atoms. The van der Waals surface area contributed by atoms with Crippen LogP contribution in [0.5, 0.6) is 5.75 Å². The fraction of sp³-hybridized carbons (Fsp3) is 0.182. The van der Waals surface area contributed by atoms with Gasteiger partial charge in [-0.2, -0.15) is 0 Å². The Hall–Kier alpha value is -1.77. The van der Waals surface area contributed by atoms with Crippen molar-refractivity contribution in [3.8, 4) is 5.75 Å². The standard InChI is InChI=1S/C11H11N2O/c1-14-10-4-2-9(3-5-10)8-11-12-6-7-13-11/h2-6H,8H2,1H3,(H,12,13). The van der Waals surface area contributed by atoms with Gasteiger partial charge in [-0.15, -0.1) is 0 Å². The van der Waals surface area contributed by atoms with E-state index >= 15 is 0 Å². The van der Waals surface area contributed by atoms with Gasteiger partial charge in [0, 0.05) is 12.6 Å². The van der Waals surface area contributed by atoms with Crippen LogP contribution in [0.2, 0.25) is 0 Å². The molecular formula is C11H11N2O. The lowest BCUT2D eigenvalue weighted by Gasteiger charge is -2.01. The van der Waals surface area contributed by atoms with Crippen molar-refractivity contribution >= 4 is 0 Å². The molecule has 0 saturated heterocycles. The summed E-state index contributed by atoms with van der Waals surface area (Å²) in [6.45, 7) is 0. The topological polar surface area (TPSA) is 37.9 Å². The first kappa shape index (κ1) is 8.81. The fourth-order valence-electron chi connectivity index (χ4n) is 1.29. The smallest absolute Gasteiger partial charge is 0.118 e. The molecule has 1 N–H and O–H groups in total. The van der Waals surface area contributed by atoms with E-state index < -0.39 is 0 Å². The Balaban J connectivity index is 2.10. The van der Waals surface area contributed by atoms with Crippen molar-refractivity contribution in [3.63, 3.8) is 0 Å². The average molecular weight is 187 g/mol. The van der Waals surface area contributed by atoms with Crippen LogP contribution in [-0.2, 0) is 6.42 Å². The first-order valence-electron chi connectivity index (χ1n) is 4.42. The first-order chi connectivity index (χ1) is 6.88. The number of imidazole rings is 1. The molecule has 2 aromatic rings.